The minimum absolute atomic E-state index is 0.0309. The van der Waals surface area contributed by atoms with Gasteiger partial charge in [-0.25, -0.2) is 0 Å². The summed E-state index contributed by atoms with van der Waals surface area (Å²) in [6, 6.07) is 3.60. The van der Waals surface area contributed by atoms with Crippen molar-refractivity contribution in [2.75, 3.05) is 5.32 Å². The smallest absolute Gasteiger partial charge is 0.309 e. The molecule has 1 amide bonds. The van der Waals surface area contributed by atoms with Gasteiger partial charge in [0.25, 0.3) is 5.91 Å². The number of rotatable bonds is 4. The Morgan fingerprint density at radius 1 is 1.61 bits per heavy atom. The fourth-order valence-electron chi connectivity index (χ4n) is 1.35. The van der Waals surface area contributed by atoms with Gasteiger partial charge in [0, 0.05) is 0 Å². The maximum atomic E-state index is 11.8. The fraction of sp³-hybridized carbons (Fsp3) is 0.417. The van der Waals surface area contributed by atoms with Crippen molar-refractivity contribution < 1.29 is 14.3 Å². The highest BCUT2D eigenvalue weighted by atomic mass is 32.1. The highest BCUT2D eigenvalue weighted by Crippen LogP contribution is 2.30. The zero-order valence-corrected chi connectivity index (χ0v) is 10.6. The van der Waals surface area contributed by atoms with Gasteiger partial charge in [-0.15, -0.1) is 11.3 Å². The third-order valence-corrected chi connectivity index (χ3v) is 3.43. The molecular formula is C12H12N2O3S. The lowest BCUT2D eigenvalue weighted by Crippen LogP contribution is -2.30. The monoisotopic (exact) mass is 264 g/mol. The summed E-state index contributed by atoms with van der Waals surface area (Å²) in [4.78, 5) is 23.2. The second kappa shape index (κ2) is 5.19. The Hall–Kier alpha value is -1.87. The summed E-state index contributed by atoms with van der Waals surface area (Å²) in [5.41, 5.74) is 0.411. The summed E-state index contributed by atoms with van der Waals surface area (Å²) in [6.45, 7) is 1.52. The number of carbonyl (C=O) groups is 2. The number of hydrogen-bond donors (Lipinski definition) is 1. The van der Waals surface area contributed by atoms with Crippen LogP contribution in [-0.2, 0) is 14.3 Å². The lowest BCUT2D eigenvalue weighted by molar-refractivity contribution is -0.154. The summed E-state index contributed by atoms with van der Waals surface area (Å²) in [5.74, 6) is -0.760. The quantitative estimate of drug-likeness (QED) is 0.842. The fourth-order valence-corrected chi connectivity index (χ4v) is 2.09. The number of amides is 1. The van der Waals surface area contributed by atoms with Gasteiger partial charge in [-0.3, -0.25) is 9.59 Å². The van der Waals surface area contributed by atoms with Crippen molar-refractivity contribution in [1.29, 1.82) is 5.26 Å². The van der Waals surface area contributed by atoms with Crippen molar-refractivity contribution in [1.82, 2.24) is 0 Å². The molecule has 18 heavy (non-hydrogen) atoms. The van der Waals surface area contributed by atoms with Crippen molar-refractivity contribution in [2.45, 2.75) is 25.9 Å². The predicted molar refractivity (Wildman–Crippen MR) is 65.9 cm³/mol. The largest absolute Gasteiger partial charge is 0.452 e. The van der Waals surface area contributed by atoms with Crippen LogP contribution in [0, 0.1) is 17.2 Å². The van der Waals surface area contributed by atoms with E-state index < -0.39 is 12.0 Å². The van der Waals surface area contributed by atoms with E-state index in [0.29, 0.717) is 10.6 Å². The van der Waals surface area contributed by atoms with Crippen molar-refractivity contribution in [3.05, 3.63) is 17.0 Å². The minimum Gasteiger partial charge on any atom is -0.452 e. The lowest BCUT2D eigenvalue weighted by atomic mass is 10.3. The molecule has 0 aliphatic heterocycles. The van der Waals surface area contributed by atoms with E-state index in [-0.39, 0.29) is 11.9 Å². The molecule has 1 aliphatic rings. The molecule has 0 aromatic carbocycles. The summed E-state index contributed by atoms with van der Waals surface area (Å²) in [6.07, 6.45) is 0.847. The summed E-state index contributed by atoms with van der Waals surface area (Å²) in [7, 11) is 0. The molecule has 1 atom stereocenters. The Morgan fingerprint density at radius 2 is 2.33 bits per heavy atom. The van der Waals surface area contributed by atoms with Crippen LogP contribution in [0.3, 0.4) is 0 Å². The van der Waals surface area contributed by atoms with Gasteiger partial charge in [0.05, 0.1) is 11.5 Å². The summed E-state index contributed by atoms with van der Waals surface area (Å²) in [5, 5.41) is 13.6. The maximum Gasteiger partial charge on any atom is 0.309 e. The second-order valence-electron chi connectivity index (χ2n) is 4.12. The SMILES string of the molecule is C[C@H](OC(=O)C1CC1)C(=O)Nc1sccc1C#N. The molecule has 1 N–H and O–H groups in total. The van der Waals surface area contributed by atoms with Crippen LogP contribution in [0.4, 0.5) is 5.00 Å². The number of thiophene rings is 1. The number of hydrogen-bond acceptors (Lipinski definition) is 5. The van der Waals surface area contributed by atoms with Crippen LogP contribution in [0.15, 0.2) is 11.4 Å². The Morgan fingerprint density at radius 3 is 2.94 bits per heavy atom. The molecule has 0 saturated heterocycles. The van der Waals surface area contributed by atoms with Gasteiger partial charge < -0.3 is 10.1 Å². The topological polar surface area (TPSA) is 79.2 Å². The molecule has 1 aromatic heterocycles. The molecule has 1 saturated carbocycles. The van der Waals surface area contributed by atoms with Crippen LogP contribution in [0.5, 0.6) is 0 Å². The number of esters is 1. The molecular weight excluding hydrogens is 252 g/mol. The minimum atomic E-state index is -0.841. The molecule has 1 heterocycles. The Kier molecular flexibility index (Phi) is 3.63. The molecule has 2 rings (SSSR count). The van der Waals surface area contributed by atoms with Crippen LogP contribution < -0.4 is 5.32 Å². The van der Waals surface area contributed by atoms with E-state index >= 15 is 0 Å². The number of ether oxygens (including phenoxy) is 1. The number of anilines is 1. The van der Waals surface area contributed by atoms with E-state index in [1.807, 2.05) is 6.07 Å². The predicted octanol–water partition coefficient (Wildman–Crippen LogP) is 1.90. The lowest BCUT2D eigenvalue weighted by Gasteiger charge is -2.12. The molecule has 1 fully saturated rings. The zero-order valence-electron chi connectivity index (χ0n) is 9.80. The number of nitrogens with zero attached hydrogens (tertiary/aromatic N) is 1. The van der Waals surface area contributed by atoms with Crippen LogP contribution in [0.2, 0.25) is 0 Å². The number of nitrogens with one attached hydrogen (secondary N) is 1. The molecule has 1 aliphatic carbocycles. The summed E-state index contributed by atoms with van der Waals surface area (Å²) >= 11 is 1.26. The van der Waals surface area contributed by atoms with Gasteiger partial charge in [0.1, 0.15) is 11.1 Å². The third-order valence-electron chi connectivity index (χ3n) is 2.60. The molecule has 94 valence electrons. The first-order valence-corrected chi connectivity index (χ1v) is 6.48. The van der Waals surface area contributed by atoms with E-state index in [4.69, 9.17) is 10.00 Å². The highest BCUT2D eigenvalue weighted by molar-refractivity contribution is 7.14. The molecule has 1 aromatic rings. The highest BCUT2D eigenvalue weighted by Gasteiger charge is 2.33. The molecule has 6 heteroatoms. The van der Waals surface area contributed by atoms with Crippen LogP contribution >= 0.6 is 11.3 Å². The van der Waals surface area contributed by atoms with Gasteiger partial charge in [0.2, 0.25) is 0 Å². The van der Waals surface area contributed by atoms with Crippen LogP contribution in [-0.4, -0.2) is 18.0 Å². The van der Waals surface area contributed by atoms with E-state index in [0.717, 1.165) is 12.8 Å². The maximum absolute atomic E-state index is 11.8. The van der Waals surface area contributed by atoms with Crippen molar-refractivity contribution in [3.8, 4) is 6.07 Å². The molecule has 5 nitrogen and oxygen atoms in total. The average Bonchev–Trinajstić information content (AvgIpc) is 3.10. The molecule has 0 bridgehead atoms. The Labute approximate surface area is 108 Å². The van der Waals surface area contributed by atoms with Crippen molar-refractivity contribution in [2.24, 2.45) is 5.92 Å². The van der Waals surface area contributed by atoms with Crippen molar-refractivity contribution >= 4 is 28.2 Å². The first kappa shape index (κ1) is 12.6. The molecule has 0 spiro atoms. The van der Waals surface area contributed by atoms with Gasteiger partial charge in [-0.1, -0.05) is 0 Å². The number of carbonyl (C=O) groups excluding carboxylic acids is 2. The normalized spacial score (nSPS) is 15.6. The van der Waals surface area contributed by atoms with E-state index in [9.17, 15) is 9.59 Å². The second-order valence-corrected chi connectivity index (χ2v) is 5.03. The number of nitriles is 1. The first-order chi connectivity index (χ1) is 8.61. The standard InChI is InChI=1S/C12H12N2O3S/c1-7(17-12(16)8-2-3-8)10(15)14-11-9(6-13)4-5-18-11/h4-5,7-8H,2-3H2,1H3,(H,14,15)/t7-/m0/s1. The zero-order chi connectivity index (χ0) is 13.1. The summed E-state index contributed by atoms with van der Waals surface area (Å²) < 4.78 is 5.03. The third kappa shape index (κ3) is 2.87. The first-order valence-electron chi connectivity index (χ1n) is 5.60. The van der Waals surface area contributed by atoms with E-state index in [1.54, 1.807) is 11.4 Å². The van der Waals surface area contributed by atoms with E-state index in [1.165, 1.54) is 18.3 Å². The van der Waals surface area contributed by atoms with Gasteiger partial charge in [-0.05, 0) is 31.2 Å². The Bertz CT molecular complexity index is 514. The average molecular weight is 264 g/mol. The van der Waals surface area contributed by atoms with Crippen LogP contribution in [0.1, 0.15) is 25.3 Å². The molecule has 0 unspecified atom stereocenters. The van der Waals surface area contributed by atoms with Crippen LogP contribution in [0.25, 0.3) is 0 Å². The van der Waals surface area contributed by atoms with Gasteiger partial charge >= 0.3 is 5.97 Å². The van der Waals surface area contributed by atoms with Crippen molar-refractivity contribution in [3.63, 3.8) is 0 Å². The van der Waals surface area contributed by atoms with E-state index in [2.05, 4.69) is 5.32 Å². The molecule has 0 radical (unpaired) electrons. The Balaban J connectivity index is 1.91. The van der Waals surface area contributed by atoms with Gasteiger partial charge in [-0.2, -0.15) is 5.26 Å². The van der Waals surface area contributed by atoms with Gasteiger partial charge in [0.15, 0.2) is 6.10 Å².